The zero-order valence-corrected chi connectivity index (χ0v) is 18.7. The Balaban J connectivity index is 1.62. The van der Waals surface area contributed by atoms with E-state index in [4.69, 9.17) is 4.74 Å². The van der Waals surface area contributed by atoms with E-state index in [1.54, 1.807) is 25.2 Å². The van der Waals surface area contributed by atoms with Crippen LogP contribution in [0.25, 0.3) is 0 Å². The number of ether oxygens (including phenoxy) is 1. The van der Waals surface area contributed by atoms with Gasteiger partial charge in [0, 0.05) is 43.8 Å². The van der Waals surface area contributed by atoms with E-state index >= 15 is 0 Å². The molecule has 29 heavy (non-hydrogen) atoms. The third-order valence-corrected chi connectivity index (χ3v) is 6.19. The molecule has 158 valence electrons. The van der Waals surface area contributed by atoms with Gasteiger partial charge in [-0.2, -0.15) is 0 Å². The number of esters is 1. The molecule has 7 nitrogen and oxygen atoms in total. The lowest BCUT2D eigenvalue weighted by Gasteiger charge is -2.34. The number of hydrogen-bond acceptors (Lipinski definition) is 6. The Labute approximate surface area is 176 Å². The first-order valence-electron chi connectivity index (χ1n) is 10.1. The number of aryl methyl sites for hydroxylation is 2. The standard InChI is InChI=1S/C21H30N4O3S/c1-6-17-23-16(12-29-17)11-24-7-9-25(10-8-24)20(26)19-14(4)18(15(5)22-19)21(27)28-13(2)3/h12-13,22H,6-11H2,1-5H3. The van der Waals surface area contributed by atoms with Gasteiger partial charge < -0.3 is 14.6 Å². The molecule has 2 aromatic heterocycles. The molecule has 8 heteroatoms. The van der Waals surface area contributed by atoms with Crippen LogP contribution in [0.1, 0.15) is 63.6 Å². The van der Waals surface area contributed by atoms with Gasteiger partial charge >= 0.3 is 5.97 Å². The van der Waals surface area contributed by atoms with Crippen LogP contribution in [0.15, 0.2) is 5.38 Å². The zero-order valence-electron chi connectivity index (χ0n) is 17.9. The highest BCUT2D eigenvalue weighted by Gasteiger charge is 2.28. The highest BCUT2D eigenvalue weighted by atomic mass is 32.1. The summed E-state index contributed by atoms with van der Waals surface area (Å²) in [5.74, 6) is -0.444. The fraction of sp³-hybridized carbons (Fsp3) is 0.571. The van der Waals surface area contributed by atoms with E-state index in [0.717, 1.165) is 31.7 Å². The van der Waals surface area contributed by atoms with Crippen LogP contribution in [0.2, 0.25) is 0 Å². The van der Waals surface area contributed by atoms with Gasteiger partial charge in [0.25, 0.3) is 5.91 Å². The van der Waals surface area contributed by atoms with Gasteiger partial charge in [-0.25, -0.2) is 9.78 Å². The van der Waals surface area contributed by atoms with Crippen molar-refractivity contribution in [3.8, 4) is 0 Å². The van der Waals surface area contributed by atoms with E-state index in [1.165, 1.54) is 5.01 Å². The minimum atomic E-state index is -0.384. The maximum absolute atomic E-state index is 13.1. The molecule has 3 heterocycles. The van der Waals surface area contributed by atoms with Gasteiger partial charge in [0.2, 0.25) is 0 Å². The minimum absolute atomic E-state index is 0.0595. The van der Waals surface area contributed by atoms with Crippen molar-refractivity contribution < 1.29 is 14.3 Å². The lowest BCUT2D eigenvalue weighted by atomic mass is 10.1. The number of nitrogens with zero attached hydrogens (tertiary/aromatic N) is 3. The molecule has 1 fully saturated rings. The first kappa shape index (κ1) is 21.5. The van der Waals surface area contributed by atoms with Crippen molar-refractivity contribution in [2.75, 3.05) is 26.2 Å². The van der Waals surface area contributed by atoms with Crippen LogP contribution in [-0.2, 0) is 17.7 Å². The number of aromatic amines is 1. The lowest BCUT2D eigenvalue weighted by molar-refractivity contribution is 0.0376. The Bertz CT molecular complexity index is 879. The normalized spacial score (nSPS) is 15.2. The number of aromatic nitrogens is 2. The van der Waals surface area contributed by atoms with Crippen LogP contribution >= 0.6 is 11.3 Å². The van der Waals surface area contributed by atoms with Gasteiger partial charge in [-0.05, 0) is 39.7 Å². The van der Waals surface area contributed by atoms with Crippen LogP contribution < -0.4 is 0 Å². The van der Waals surface area contributed by atoms with E-state index in [0.29, 0.717) is 35.6 Å². The Hall–Kier alpha value is -2.19. The molecule has 0 aromatic carbocycles. The first-order valence-corrected chi connectivity index (χ1v) is 11.0. The molecule has 0 spiro atoms. The van der Waals surface area contributed by atoms with Crippen molar-refractivity contribution in [1.29, 1.82) is 0 Å². The Morgan fingerprint density at radius 1 is 1.24 bits per heavy atom. The molecule has 1 aliphatic rings. The monoisotopic (exact) mass is 418 g/mol. The maximum Gasteiger partial charge on any atom is 0.340 e. The summed E-state index contributed by atoms with van der Waals surface area (Å²) in [4.78, 5) is 37.3. The summed E-state index contributed by atoms with van der Waals surface area (Å²) < 4.78 is 5.32. The van der Waals surface area contributed by atoms with Crippen molar-refractivity contribution in [3.05, 3.63) is 38.6 Å². The molecular formula is C21H30N4O3S. The molecule has 0 atom stereocenters. The Kier molecular flexibility index (Phi) is 6.74. The van der Waals surface area contributed by atoms with Crippen LogP contribution in [0.5, 0.6) is 0 Å². The van der Waals surface area contributed by atoms with Gasteiger partial charge in [-0.1, -0.05) is 6.92 Å². The average Bonchev–Trinajstić information content (AvgIpc) is 3.24. The summed E-state index contributed by atoms with van der Waals surface area (Å²) in [7, 11) is 0. The Morgan fingerprint density at radius 3 is 2.52 bits per heavy atom. The van der Waals surface area contributed by atoms with Gasteiger partial charge in [-0.15, -0.1) is 11.3 Å². The second kappa shape index (κ2) is 9.09. The summed E-state index contributed by atoms with van der Waals surface area (Å²) in [6, 6.07) is 0. The number of nitrogens with one attached hydrogen (secondary N) is 1. The molecule has 1 amide bonds. The van der Waals surface area contributed by atoms with Crippen LogP contribution in [-0.4, -0.2) is 63.9 Å². The van der Waals surface area contributed by atoms with Gasteiger partial charge in [0.05, 0.1) is 22.4 Å². The van der Waals surface area contributed by atoms with Crippen molar-refractivity contribution in [2.45, 2.75) is 53.7 Å². The molecule has 0 aliphatic carbocycles. The molecule has 1 N–H and O–H groups in total. The smallest absolute Gasteiger partial charge is 0.340 e. The zero-order chi connectivity index (χ0) is 21.1. The lowest BCUT2D eigenvalue weighted by Crippen LogP contribution is -2.48. The minimum Gasteiger partial charge on any atom is -0.459 e. The third kappa shape index (κ3) is 4.87. The fourth-order valence-electron chi connectivity index (χ4n) is 3.62. The number of piperazine rings is 1. The molecule has 1 aliphatic heterocycles. The number of rotatable bonds is 6. The molecule has 2 aromatic rings. The highest BCUT2D eigenvalue weighted by Crippen LogP contribution is 2.22. The van der Waals surface area contributed by atoms with Crippen molar-refractivity contribution in [1.82, 2.24) is 19.8 Å². The molecule has 0 radical (unpaired) electrons. The van der Waals surface area contributed by atoms with E-state index in [9.17, 15) is 9.59 Å². The topological polar surface area (TPSA) is 78.5 Å². The van der Waals surface area contributed by atoms with E-state index in [1.807, 2.05) is 18.7 Å². The SMILES string of the molecule is CCc1nc(CN2CCN(C(=O)c3[nH]c(C)c(C(=O)OC(C)C)c3C)CC2)cs1. The van der Waals surface area contributed by atoms with Crippen molar-refractivity contribution in [3.63, 3.8) is 0 Å². The number of H-pyrrole nitrogens is 1. The average molecular weight is 419 g/mol. The third-order valence-electron chi connectivity index (χ3n) is 5.15. The molecule has 0 unspecified atom stereocenters. The fourth-order valence-corrected chi connectivity index (χ4v) is 4.36. The van der Waals surface area contributed by atoms with E-state index < -0.39 is 0 Å². The summed E-state index contributed by atoms with van der Waals surface area (Å²) >= 11 is 1.71. The van der Waals surface area contributed by atoms with Gasteiger partial charge in [0.15, 0.2) is 0 Å². The molecule has 1 saturated heterocycles. The van der Waals surface area contributed by atoms with Crippen LogP contribution in [0, 0.1) is 13.8 Å². The van der Waals surface area contributed by atoms with E-state index in [-0.39, 0.29) is 18.0 Å². The quantitative estimate of drug-likeness (QED) is 0.729. The molecule has 3 rings (SSSR count). The second-order valence-electron chi connectivity index (χ2n) is 7.73. The van der Waals surface area contributed by atoms with Gasteiger partial charge in [0.1, 0.15) is 5.69 Å². The largest absolute Gasteiger partial charge is 0.459 e. The van der Waals surface area contributed by atoms with Crippen LogP contribution in [0.3, 0.4) is 0 Å². The summed E-state index contributed by atoms with van der Waals surface area (Å²) in [6.07, 6.45) is 0.767. The number of thiazole rings is 1. The van der Waals surface area contributed by atoms with Crippen molar-refractivity contribution in [2.24, 2.45) is 0 Å². The maximum atomic E-state index is 13.1. The van der Waals surface area contributed by atoms with Crippen LogP contribution in [0.4, 0.5) is 0 Å². The molecule has 0 bridgehead atoms. The second-order valence-corrected chi connectivity index (χ2v) is 8.68. The summed E-state index contributed by atoms with van der Waals surface area (Å²) in [6.45, 7) is 13.1. The number of amides is 1. The first-order chi connectivity index (χ1) is 13.8. The summed E-state index contributed by atoms with van der Waals surface area (Å²) in [5, 5.41) is 3.29. The Morgan fingerprint density at radius 2 is 1.93 bits per heavy atom. The number of carbonyl (C=O) groups is 2. The molecular weight excluding hydrogens is 388 g/mol. The summed E-state index contributed by atoms with van der Waals surface area (Å²) in [5.41, 5.74) is 3.39. The van der Waals surface area contributed by atoms with Crippen molar-refractivity contribution >= 4 is 23.2 Å². The number of carbonyl (C=O) groups excluding carboxylic acids is 2. The van der Waals surface area contributed by atoms with Gasteiger partial charge in [-0.3, -0.25) is 9.69 Å². The van der Waals surface area contributed by atoms with E-state index in [2.05, 4.69) is 27.2 Å². The predicted molar refractivity (Wildman–Crippen MR) is 113 cm³/mol. The highest BCUT2D eigenvalue weighted by molar-refractivity contribution is 7.09. The molecule has 0 saturated carbocycles. The predicted octanol–water partition coefficient (Wildman–Crippen LogP) is 3.17. The number of hydrogen-bond donors (Lipinski definition) is 1.